The second-order valence-corrected chi connectivity index (χ2v) is 8.54. The van der Waals surface area contributed by atoms with Crippen molar-refractivity contribution >= 4 is 39.7 Å². The number of rotatable bonds is 6. The summed E-state index contributed by atoms with van der Waals surface area (Å²) in [7, 11) is 0. The molecule has 8 nitrogen and oxygen atoms in total. The molecular formula is C23H25N5O3S. The summed E-state index contributed by atoms with van der Waals surface area (Å²) < 4.78 is 0. The van der Waals surface area contributed by atoms with Crippen molar-refractivity contribution in [2.45, 2.75) is 18.9 Å². The van der Waals surface area contributed by atoms with Gasteiger partial charge in [-0.1, -0.05) is 12.1 Å². The fourth-order valence-corrected chi connectivity index (χ4v) is 4.31. The van der Waals surface area contributed by atoms with E-state index >= 15 is 0 Å². The Balaban J connectivity index is 1.34. The van der Waals surface area contributed by atoms with Gasteiger partial charge in [0.15, 0.2) is 5.13 Å². The fourth-order valence-electron chi connectivity index (χ4n) is 3.58. The predicted octanol–water partition coefficient (Wildman–Crippen LogP) is 2.72. The van der Waals surface area contributed by atoms with E-state index in [0.29, 0.717) is 22.9 Å². The molecule has 0 spiro atoms. The van der Waals surface area contributed by atoms with Crippen LogP contribution in [-0.4, -0.2) is 47.6 Å². The number of aliphatic hydroxyl groups is 1. The number of piperidine rings is 1. The Labute approximate surface area is 190 Å². The first-order chi connectivity index (χ1) is 15.5. The van der Waals surface area contributed by atoms with Gasteiger partial charge in [-0.05, 0) is 49.2 Å². The average Bonchev–Trinajstić information content (AvgIpc) is 3.26. The number of hydrogen-bond acceptors (Lipinski definition) is 7. The van der Waals surface area contributed by atoms with Crippen molar-refractivity contribution in [2.24, 2.45) is 0 Å². The lowest BCUT2D eigenvalue weighted by atomic mass is 10.1. The minimum Gasteiger partial charge on any atom is -0.399 e. The maximum atomic E-state index is 12.2. The third-order valence-corrected chi connectivity index (χ3v) is 5.99. The molecule has 2 amide bonds. The molecule has 0 saturated carbocycles. The van der Waals surface area contributed by atoms with E-state index in [1.54, 1.807) is 24.3 Å². The molecule has 2 heterocycles. The van der Waals surface area contributed by atoms with Gasteiger partial charge in [0.2, 0.25) is 5.91 Å². The highest BCUT2D eigenvalue weighted by molar-refractivity contribution is 7.14. The first kappa shape index (κ1) is 21.8. The van der Waals surface area contributed by atoms with Gasteiger partial charge in [0.25, 0.3) is 5.91 Å². The van der Waals surface area contributed by atoms with Gasteiger partial charge in [0.1, 0.15) is 0 Å². The molecular weight excluding hydrogens is 426 g/mol. The molecule has 0 unspecified atom stereocenters. The van der Waals surface area contributed by atoms with Gasteiger partial charge in [0.05, 0.1) is 18.3 Å². The van der Waals surface area contributed by atoms with Crippen molar-refractivity contribution in [3.8, 4) is 11.3 Å². The van der Waals surface area contributed by atoms with Gasteiger partial charge >= 0.3 is 0 Å². The molecule has 1 aromatic heterocycles. The zero-order chi connectivity index (χ0) is 22.5. The molecule has 1 saturated heterocycles. The molecule has 1 atom stereocenters. The van der Waals surface area contributed by atoms with Crippen LogP contribution in [0.3, 0.4) is 0 Å². The van der Waals surface area contributed by atoms with Gasteiger partial charge in [0, 0.05) is 41.0 Å². The first-order valence-electron chi connectivity index (χ1n) is 10.4. The molecule has 2 aromatic carbocycles. The van der Waals surface area contributed by atoms with Gasteiger partial charge < -0.3 is 26.4 Å². The quantitative estimate of drug-likeness (QED) is 0.428. The molecule has 0 aliphatic carbocycles. The zero-order valence-electron chi connectivity index (χ0n) is 17.5. The number of nitrogens with two attached hydrogens (primary N) is 1. The van der Waals surface area contributed by atoms with Crippen LogP contribution in [-0.2, 0) is 4.79 Å². The Kier molecular flexibility index (Phi) is 6.67. The molecule has 0 radical (unpaired) electrons. The summed E-state index contributed by atoms with van der Waals surface area (Å²) in [6, 6.07) is 14.5. The number of nitrogen functional groups attached to an aromatic ring is 1. The highest BCUT2D eigenvalue weighted by Crippen LogP contribution is 2.29. The van der Waals surface area contributed by atoms with Crippen LogP contribution in [0.2, 0.25) is 0 Å². The van der Waals surface area contributed by atoms with Crippen molar-refractivity contribution < 1.29 is 14.7 Å². The standard InChI is InChI=1S/C23H25N5O3S/c24-17-8-6-15(7-9-17)22(31)25-12-21(30)27-23-26-20(14-32-23)16-3-1-4-18(11-16)28-10-2-5-19(29)13-28/h1,3-4,6-9,11,14,19,29H,2,5,10,12-13,24H2,(H,25,31)(H,26,27,30)/t19-/m0/s1. The van der Waals surface area contributed by atoms with Crippen LogP contribution >= 0.6 is 11.3 Å². The maximum Gasteiger partial charge on any atom is 0.251 e. The molecule has 3 aromatic rings. The Morgan fingerprint density at radius 1 is 1.22 bits per heavy atom. The van der Waals surface area contributed by atoms with Gasteiger partial charge in [-0.2, -0.15) is 0 Å². The minimum absolute atomic E-state index is 0.162. The van der Waals surface area contributed by atoms with Crippen LogP contribution in [0.5, 0.6) is 0 Å². The van der Waals surface area contributed by atoms with E-state index in [1.165, 1.54) is 11.3 Å². The van der Waals surface area contributed by atoms with Crippen molar-refractivity contribution in [3.63, 3.8) is 0 Å². The fraction of sp³-hybridized carbons (Fsp3) is 0.261. The van der Waals surface area contributed by atoms with E-state index < -0.39 is 0 Å². The number of aliphatic hydroxyl groups excluding tert-OH is 1. The van der Waals surface area contributed by atoms with Crippen LogP contribution < -0.4 is 21.3 Å². The summed E-state index contributed by atoms with van der Waals surface area (Å²) in [4.78, 5) is 31.0. The number of thiazole rings is 1. The third kappa shape index (κ3) is 5.43. The number of anilines is 3. The van der Waals surface area contributed by atoms with E-state index in [1.807, 2.05) is 29.6 Å². The molecule has 1 aliphatic heterocycles. The van der Waals surface area contributed by atoms with Crippen molar-refractivity contribution in [3.05, 3.63) is 59.5 Å². The summed E-state index contributed by atoms with van der Waals surface area (Å²) in [5.74, 6) is -0.703. The number of nitrogens with zero attached hydrogens (tertiary/aromatic N) is 2. The van der Waals surface area contributed by atoms with Crippen molar-refractivity contribution in [1.29, 1.82) is 0 Å². The molecule has 166 valence electrons. The maximum absolute atomic E-state index is 12.2. The third-order valence-electron chi connectivity index (χ3n) is 5.24. The SMILES string of the molecule is Nc1ccc(C(=O)NCC(=O)Nc2nc(-c3cccc(N4CCC[C@H](O)C4)c3)cs2)cc1. The van der Waals surface area contributed by atoms with Crippen LogP contribution in [0.15, 0.2) is 53.9 Å². The number of benzene rings is 2. The summed E-state index contributed by atoms with van der Waals surface area (Å²) in [5.41, 5.74) is 9.37. The Bertz CT molecular complexity index is 1100. The summed E-state index contributed by atoms with van der Waals surface area (Å²) in [6.07, 6.45) is 1.51. The average molecular weight is 452 g/mol. The second kappa shape index (κ2) is 9.80. The first-order valence-corrected chi connectivity index (χ1v) is 11.3. The number of carbonyl (C=O) groups is 2. The van der Waals surface area contributed by atoms with Crippen molar-refractivity contribution in [2.75, 3.05) is 35.6 Å². The number of nitrogens with one attached hydrogen (secondary N) is 2. The zero-order valence-corrected chi connectivity index (χ0v) is 18.3. The van der Waals surface area contributed by atoms with Crippen LogP contribution in [0.25, 0.3) is 11.3 Å². The highest BCUT2D eigenvalue weighted by atomic mass is 32.1. The number of hydrogen-bond donors (Lipinski definition) is 4. The normalized spacial score (nSPS) is 15.9. The lowest BCUT2D eigenvalue weighted by molar-refractivity contribution is -0.115. The molecule has 5 N–H and O–H groups in total. The number of aromatic nitrogens is 1. The molecule has 0 bridgehead atoms. The Morgan fingerprint density at radius 3 is 2.81 bits per heavy atom. The summed E-state index contributed by atoms with van der Waals surface area (Å²) >= 11 is 1.32. The summed E-state index contributed by atoms with van der Waals surface area (Å²) in [6.45, 7) is 1.38. The number of carbonyl (C=O) groups excluding carboxylic acids is 2. The van der Waals surface area contributed by atoms with E-state index in [0.717, 1.165) is 36.3 Å². The lowest BCUT2D eigenvalue weighted by Gasteiger charge is -2.32. The van der Waals surface area contributed by atoms with E-state index in [9.17, 15) is 14.7 Å². The van der Waals surface area contributed by atoms with Gasteiger partial charge in [-0.3, -0.25) is 9.59 Å². The van der Waals surface area contributed by atoms with E-state index in [-0.39, 0.29) is 24.5 Å². The van der Waals surface area contributed by atoms with Crippen LogP contribution in [0.1, 0.15) is 23.2 Å². The number of amides is 2. The molecule has 4 rings (SSSR count). The molecule has 1 fully saturated rings. The van der Waals surface area contributed by atoms with Crippen LogP contribution in [0, 0.1) is 0 Å². The van der Waals surface area contributed by atoms with Gasteiger partial charge in [-0.15, -0.1) is 11.3 Å². The Hall–Kier alpha value is -3.43. The lowest BCUT2D eigenvalue weighted by Crippen LogP contribution is -2.38. The largest absolute Gasteiger partial charge is 0.399 e. The van der Waals surface area contributed by atoms with Gasteiger partial charge in [-0.25, -0.2) is 4.98 Å². The molecule has 1 aliphatic rings. The van der Waals surface area contributed by atoms with E-state index in [2.05, 4.69) is 20.5 Å². The number of β-amino-alcohol motifs (C(OH)–C–C–N with tert-alkyl or cyclic N) is 1. The molecule has 9 heteroatoms. The van der Waals surface area contributed by atoms with Crippen LogP contribution in [0.4, 0.5) is 16.5 Å². The second-order valence-electron chi connectivity index (χ2n) is 7.68. The Morgan fingerprint density at radius 2 is 2.03 bits per heavy atom. The summed E-state index contributed by atoms with van der Waals surface area (Å²) in [5, 5.41) is 17.6. The smallest absolute Gasteiger partial charge is 0.251 e. The molecule has 32 heavy (non-hydrogen) atoms. The minimum atomic E-state index is -0.356. The highest BCUT2D eigenvalue weighted by Gasteiger charge is 2.18. The van der Waals surface area contributed by atoms with Crippen molar-refractivity contribution in [1.82, 2.24) is 10.3 Å². The topological polar surface area (TPSA) is 121 Å². The predicted molar refractivity (Wildman–Crippen MR) is 127 cm³/mol. The monoisotopic (exact) mass is 451 g/mol. The van der Waals surface area contributed by atoms with E-state index in [4.69, 9.17) is 5.73 Å².